The van der Waals surface area contributed by atoms with Crippen LogP contribution in [-0.2, 0) is 14.3 Å². The molecule has 0 aromatic rings. The smallest absolute Gasteiger partial charge is 0.220 e. The first kappa shape index (κ1) is 73.2. The minimum absolute atomic E-state index is 0.131. The van der Waals surface area contributed by atoms with E-state index in [0.717, 1.165) is 38.5 Å². The monoisotopic (exact) mass is 1080 g/mol. The van der Waals surface area contributed by atoms with Gasteiger partial charge in [0.15, 0.2) is 6.29 Å². The number of rotatable bonds is 61. The lowest BCUT2D eigenvalue weighted by atomic mass is 9.99. The van der Waals surface area contributed by atoms with Crippen LogP contribution in [0.25, 0.3) is 0 Å². The van der Waals surface area contributed by atoms with Crippen LogP contribution in [0.3, 0.4) is 0 Å². The summed E-state index contributed by atoms with van der Waals surface area (Å²) in [6, 6.07) is -0.713. The highest BCUT2D eigenvalue weighted by Gasteiger charge is 2.44. The van der Waals surface area contributed by atoms with Crippen LogP contribution >= 0.6 is 0 Å². The van der Waals surface area contributed by atoms with E-state index in [4.69, 9.17) is 9.47 Å². The second-order valence-corrected chi connectivity index (χ2v) is 24.3. The Bertz CT molecular complexity index is 1160. The molecule has 1 aliphatic rings. The molecular formula is C67H133NO8. The number of unbranched alkanes of at least 4 members (excludes halogenated alkanes) is 51. The van der Waals surface area contributed by atoms with Crippen LogP contribution in [-0.4, -0.2) is 87.5 Å². The fraction of sp³-hybridized carbons (Fsp3) is 0.985. The number of aliphatic hydroxyl groups is 5. The van der Waals surface area contributed by atoms with Crippen LogP contribution in [0, 0.1) is 0 Å². The summed E-state index contributed by atoms with van der Waals surface area (Å²) in [5, 5.41) is 54.7. The van der Waals surface area contributed by atoms with E-state index < -0.39 is 49.5 Å². The highest BCUT2D eigenvalue weighted by molar-refractivity contribution is 5.76. The average molecular weight is 1080 g/mol. The minimum Gasteiger partial charge on any atom is -0.394 e. The quantitative estimate of drug-likeness (QED) is 0.0330. The van der Waals surface area contributed by atoms with E-state index in [1.165, 1.54) is 302 Å². The summed E-state index contributed by atoms with van der Waals surface area (Å²) in [5.41, 5.74) is 0. The van der Waals surface area contributed by atoms with Crippen LogP contribution in [0.1, 0.15) is 367 Å². The maximum atomic E-state index is 13.1. The molecule has 7 unspecified atom stereocenters. The molecule has 76 heavy (non-hydrogen) atoms. The number of carbonyl (C=O) groups excluding carboxylic acids is 1. The second kappa shape index (κ2) is 57.4. The molecule has 1 saturated heterocycles. The predicted molar refractivity (Wildman–Crippen MR) is 323 cm³/mol. The number of nitrogens with one attached hydrogen (secondary N) is 1. The SMILES string of the molecule is CCCCCCCCCCCCCCCCCCCCCCCCCCCCCCCCCCCCCCCCCCC(=O)NC(COC1OC(CO)C(O)C(O)C1O)C(O)CCCCCCCCCCCCCCC. The molecule has 1 amide bonds. The van der Waals surface area contributed by atoms with E-state index in [2.05, 4.69) is 19.2 Å². The number of hydrogen-bond acceptors (Lipinski definition) is 8. The zero-order valence-corrected chi connectivity index (χ0v) is 50.8. The Morgan fingerprint density at radius 1 is 0.395 bits per heavy atom. The Kier molecular flexibility index (Phi) is 55.3. The number of ether oxygens (including phenoxy) is 2. The van der Waals surface area contributed by atoms with E-state index in [-0.39, 0.29) is 12.5 Å². The van der Waals surface area contributed by atoms with Gasteiger partial charge in [0.05, 0.1) is 25.4 Å². The minimum atomic E-state index is -1.55. The predicted octanol–water partition coefficient (Wildman–Crippen LogP) is 18.1. The highest BCUT2D eigenvalue weighted by Crippen LogP contribution is 2.24. The summed E-state index contributed by atoms with van der Waals surface area (Å²) >= 11 is 0. The topological polar surface area (TPSA) is 149 Å². The van der Waals surface area contributed by atoms with Crippen molar-refractivity contribution in [2.75, 3.05) is 13.2 Å². The summed E-state index contributed by atoms with van der Waals surface area (Å²) in [6.45, 7) is 3.88. The third-order valence-electron chi connectivity index (χ3n) is 17.0. The van der Waals surface area contributed by atoms with Gasteiger partial charge in [0.2, 0.25) is 5.91 Å². The van der Waals surface area contributed by atoms with Crippen molar-refractivity contribution in [2.24, 2.45) is 0 Å². The Morgan fingerprint density at radius 2 is 0.658 bits per heavy atom. The maximum absolute atomic E-state index is 13.1. The first-order valence-electron chi connectivity index (χ1n) is 34.2. The molecular weight excluding hydrogens is 947 g/mol. The van der Waals surface area contributed by atoms with Gasteiger partial charge in [0.25, 0.3) is 0 Å². The summed E-state index contributed by atoms with van der Waals surface area (Å²) < 4.78 is 11.3. The number of carbonyl (C=O) groups is 1. The first-order chi connectivity index (χ1) is 37.3. The number of amides is 1. The molecule has 0 aromatic carbocycles. The summed E-state index contributed by atoms with van der Waals surface area (Å²) in [5.74, 6) is -0.136. The molecule has 7 atom stereocenters. The van der Waals surface area contributed by atoms with Crippen molar-refractivity contribution in [3.05, 3.63) is 0 Å². The van der Waals surface area contributed by atoms with Crippen LogP contribution in [0.4, 0.5) is 0 Å². The van der Waals surface area contributed by atoms with Crippen molar-refractivity contribution in [3.63, 3.8) is 0 Å². The van der Waals surface area contributed by atoms with E-state index in [1.54, 1.807) is 0 Å². The fourth-order valence-electron chi connectivity index (χ4n) is 11.6. The Balaban J connectivity index is 1.97. The van der Waals surface area contributed by atoms with Gasteiger partial charge < -0.3 is 40.3 Å². The molecule has 1 fully saturated rings. The number of hydrogen-bond donors (Lipinski definition) is 6. The molecule has 0 aliphatic carbocycles. The molecule has 0 saturated carbocycles. The van der Waals surface area contributed by atoms with Crippen molar-refractivity contribution in [1.82, 2.24) is 5.32 Å². The van der Waals surface area contributed by atoms with Gasteiger partial charge in [-0.2, -0.15) is 0 Å². The normalized spacial score (nSPS) is 18.6. The summed E-state index contributed by atoms with van der Waals surface area (Å²) in [4.78, 5) is 13.1. The van der Waals surface area contributed by atoms with Crippen molar-refractivity contribution in [1.29, 1.82) is 0 Å². The van der Waals surface area contributed by atoms with Gasteiger partial charge in [-0.25, -0.2) is 0 Å². The molecule has 1 rings (SSSR count). The lowest BCUT2D eigenvalue weighted by Crippen LogP contribution is -2.60. The maximum Gasteiger partial charge on any atom is 0.220 e. The standard InChI is InChI=1S/C67H133NO8/c1-3-5-7-9-11-13-15-17-18-19-20-21-22-23-24-25-26-27-28-29-30-31-32-33-34-35-36-37-38-39-40-41-42-43-45-47-49-51-53-55-57-63(71)68-60(59-75-67-66(74)65(73)64(72)62(58-69)76-67)61(70)56-54-52-50-48-46-44-16-14-12-10-8-6-4-2/h60-62,64-67,69-70,72-74H,3-59H2,1-2H3,(H,68,71). The highest BCUT2D eigenvalue weighted by atomic mass is 16.7. The summed E-state index contributed by atoms with van der Waals surface area (Å²) in [6.07, 6.45) is 64.9. The van der Waals surface area contributed by atoms with Crippen molar-refractivity contribution in [3.8, 4) is 0 Å². The van der Waals surface area contributed by atoms with Crippen molar-refractivity contribution < 1.29 is 39.8 Å². The lowest BCUT2D eigenvalue weighted by molar-refractivity contribution is -0.302. The zero-order chi connectivity index (χ0) is 55.0. The third-order valence-corrected chi connectivity index (χ3v) is 17.0. The molecule has 454 valence electrons. The summed E-state index contributed by atoms with van der Waals surface area (Å²) in [7, 11) is 0. The molecule has 9 nitrogen and oxygen atoms in total. The van der Waals surface area contributed by atoms with Crippen LogP contribution in [0.5, 0.6) is 0 Å². The van der Waals surface area contributed by atoms with Gasteiger partial charge in [-0.15, -0.1) is 0 Å². The fourth-order valence-corrected chi connectivity index (χ4v) is 11.6. The van der Waals surface area contributed by atoms with Crippen molar-refractivity contribution >= 4 is 5.91 Å². The number of aliphatic hydroxyl groups excluding tert-OH is 5. The largest absolute Gasteiger partial charge is 0.394 e. The van der Waals surface area contributed by atoms with Gasteiger partial charge in [-0.05, 0) is 12.8 Å². The van der Waals surface area contributed by atoms with Crippen molar-refractivity contribution in [2.45, 2.75) is 410 Å². The van der Waals surface area contributed by atoms with Gasteiger partial charge in [-0.1, -0.05) is 348 Å². The average Bonchev–Trinajstić information content (AvgIpc) is 3.42. The van der Waals surface area contributed by atoms with Crippen LogP contribution in [0.2, 0.25) is 0 Å². The van der Waals surface area contributed by atoms with Crippen LogP contribution < -0.4 is 5.32 Å². The Morgan fingerprint density at radius 3 is 0.934 bits per heavy atom. The molecule has 0 radical (unpaired) electrons. The molecule has 0 bridgehead atoms. The Hall–Kier alpha value is -0.810. The van der Waals surface area contributed by atoms with E-state index in [0.29, 0.717) is 12.8 Å². The third kappa shape index (κ3) is 45.9. The van der Waals surface area contributed by atoms with E-state index in [9.17, 15) is 30.3 Å². The van der Waals surface area contributed by atoms with E-state index in [1.807, 2.05) is 0 Å². The van der Waals surface area contributed by atoms with Crippen LogP contribution in [0.15, 0.2) is 0 Å². The molecule has 1 aliphatic heterocycles. The molecule has 0 spiro atoms. The lowest BCUT2D eigenvalue weighted by Gasteiger charge is -2.40. The first-order valence-corrected chi connectivity index (χ1v) is 34.2. The molecule has 9 heteroatoms. The van der Waals surface area contributed by atoms with Gasteiger partial charge in [0, 0.05) is 6.42 Å². The van der Waals surface area contributed by atoms with Gasteiger partial charge >= 0.3 is 0 Å². The molecule has 0 aromatic heterocycles. The molecule has 6 N–H and O–H groups in total. The van der Waals surface area contributed by atoms with Gasteiger partial charge in [0.1, 0.15) is 24.4 Å². The van der Waals surface area contributed by atoms with Gasteiger partial charge in [-0.3, -0.25) is 4.79 Å². The van der Waals surface area contributed by atoms with E-state index >= 15 is 0 Å². The zero-order valence-electron chi connectivity index (χ0n) is 50.8. The second-order valence-electron chi connectivity index (χ2n) is 24.3. The molecule has 1 heterocycles. The Labute approximate surface area is 472 Å².